The minimum atomic E-state index is 0.0683. The zero-order chi connectivity index (χ0) is 12.1. The first kappa shape index (κ1) is 12.0. The van der Waals surface area contributed by atoms with Gasteiger partial charge in [0.15, 0.2) is 0 Å². The van der Waals surface area contributed by atoms with Crippen LogP contribution >= 0.6 is 11.3 Å². The Balaban J connectivity index is 2.11. The van der Waals surface area contributed by atoms with Crippen LogP contribution in [-0.2, 0) is 6.42 Å². The lowest BCUT2D eigenvalue weighted by molar-refractivity contribution is 0.415. The van der Waals surface area contributed by atoms with Crippen molar-refractivity contribution in [3.63, 3.8) is 0 Å². The standard InChI is InChI=1S/C12H15N3OS/c1-16-10-7-12(17-8-10)11(15-13)6-9-4-2-3-5-14-9/h2-5,7-8,11,15H,6,13H2,1H3. The normalized spacial score (nSPS) is 12.4. The molecule has 0 aliphatic carbocycles. The molecule has 4 nitrogen and oxygen atoms in total. The number of aromatic nitrogens is 1. The van der Waals surface area contributed by atoms with Crippen molar-refractivity contribution in [3.05, 3.63) is 46.4 Å². The van der Waals surface area contributed by atoms with Gasteiger partial charge in [0.25, 0.3) is 0 Å². The number of hydrazine groups is 1. The predicted molar refractivity (Wildman–Crippen MR) is 68.9 cm³/mol. The van der Waals surface area contributed by atoms with E-state index in [0.29, 0.717) is 0 Å². The van der Waals surface area contributed by atoms with Gasteiger partial charge >= 0.3 is 0 Å². The molecule has 2 aromatic heterocycles. The Hall–Kier alpha value is -1.43. The van der Waals surface area contributed by atoms with Crippen molar-refractivity contribution in [2.45, 2.75) is 12.5 Å². The average Bonchev–Trinajstić information content (AvgIpc) is 2.86. The van der Waals surface area contributed by atoms with Crippen LogP contribution in [0, 0.1) is 0 Å². The van der Waals surface area contributed by atoms with Crippen LogP contribution in [0.2, 0.25) is 0 Å². The first-order valence-electron chi connectivity index (χ1n) is 5.32. The highest BCUT2D eigenvalue weighted by molar-refractivity contribution is 7.10. The molecule has 0 fully saturated rings. The van der Waals surface area contributed by atoms with Gasteiger partial charge in [-0.25, -0.2) is 0 Å². The van der Waals surface area contributed by atoms with E-state index in [1.54, 1.807) is 24.6 Å². The van der Waals surface area contributed by atoms with E-state index >= 15 is 0 Å². The van der Waals surface area contributed by atoms with E-state index in [0.717, 1.165) is 22.7 Å². The summed E-state index contributed by atoms with van der Waals surface area (Å²) in [6.45, 7) is 0. The van der Waals surface area contributed by atoms with E-state index in [-0.39, 0.29) is 6.04 Å². The smallest absolute Gasteiger partial charge is 0.129 e. The van der Waals surface area contributed by atoms with Crippen molar-refractivity contribution in [1.29, 1.82) is 0 Å². The summed E-state index contributed by atoms with van der Waals surface area (Å²) in [5.41, 5.74) is 3.84. The molecule has 1 atom stereocenters. The molecule has 0 aliphatic heterocycles. The molecule has 2 heterocycles. The van der Waals surface area contributed by atoms with Crippen molar-refractivity contribution in [2.75, 3.05) is 7.11 Å². The number of nitrogens with zero attached hydrogens (tertiary/aromatic N) is 1. The van der Waals surface area contributed by atoms with E-state index in [1.807, 2.05) is 29.6 Å². The molecule has 0 saturated carbocycles. The maximum Gasteiger partial charge on any atom is 0.129 e. The van der Waals surface area contributed by atoms with Gasteiger partial charge in [-0.15, -0.1) is 11.3 Å². The quantitative estimate of drug-likeness (QED) is 0.627. The van der Waals surface area contributed by atoms with Crippen molar-refractivity contribution in [2.24, 2.45) is 5.84 Å². The molecule has 0 radical (unpaired) electrons. The fourth-order valence-corrected chi connectivity index (χ4v) is 2.51. The second kappa shape index (κ2) is 5.77. The molecule has 2 rings (SSSR count). The maximum absolute atomic E-state index is 5.59. The fourth-order valence-electron chi connectivity index (χ4n) is 1.59. The maximum atomic E-state index is 5.59. The topological polar surface area (TPSA) is 60.2 Å². The van der Waals surface area contributed by atoms with E-state index in [1.165, 1.54) is 0 Å². The van der Waals surface area contributed by atoms with Crippen LogP contribution in [0.1, 0.15) is 16.6 Å². The largest absolute Gasteiger partial charge is 0.496 e. The Morgan fingerprint density at radius 3 is 3.00 bits per heavy atom. The third-order valence-electron chi connectivity index (χ3n) is 2.52. The minimum absolute atomic E-state index is 0.0683. The summed E-state index contributed by atoms with van der Waals surface area (Å²) < 4.78 is 5.17. The molecule has 2 aromatic rings. The lowest BCUT2D eigenvalue weighted by Crippen LogP contribution is -2.29. The van der Waals surface area contributed by atoms with Gasteiger partial charge in [0.05, 0.1) is 13.2 Å². The van der Waals surface area contributed by atoms with Gasteiger partial charge in [-0.1, -0.05) is 6.07 Å². The zero-order valence-corrected chi connectivity index (χ0v) is 10.4. The van der Waals surface area contributed by atoms with Gasteiger partial charge in [-0.2, -0.15) is 0 Å². The van der Waals surface area contributed by atoms with Crippen LogP contribution in [0.4, 0.5) is 0 Å². The molecule has 5 heteroatoms. The van der Waals surface area contributed by atoms with E-state index in [9.17, 15) is 0 Å². The Labute approximate surface area is 104 Å². The van der Waals surface area contributed by atoms with E-state index in [2.05, 4.69) is 10.4 Å². The van der Waals surface area contributed by atoms with Crippen LogP contribution in [0.5, 0.6) is 5.75 Å². The van der Waals surface area contributed by atoms with Crippen LogP contribution < -0.4 is 16.0 Å². The summed E-state index contributed by atoms with van der Waals surface area (Å²) in [6.07, 6.45) is 2.55. The monoisotopic (exact) mass is 249 g/mol. The number of thiophene rings is 1. The molecule has 1 unspecified atom stereocenters. The molecule has 0 bridgehead atoms. The molecular formula is C12H15N3OS. The molecule has 0 saturated heterocycles. The van der Waals surface area contributed by atoms with Crippen LogP contribution in [-0.4, -0.2) is 12.1 Å². The number of hydrogen-bond donors (Lipinski definition) is 2. The lowest BCUT2D eigenvalue weighted by Gasteiger charge is -2.13. The second-order valence-electron chi connectivity index (χ2n) is 3.63. The lowest BCUT2D eigenvalue weighted by atomic mass is 10.1. The number of methoxy groups -OCH3 is 1. The highest BCUT2D eigenvalue weighted by Crippen LogP contribution is 2.28. The summed E-state index contributed by atoms with van der Waals surface area (Å²) in [7, 11) is 1.66. The molecule has 0 aromatic carbocycles. The van der Waals surface area contributed by atoms with Crippen molar-refractivity contribution in [1.82, 2.24) is 10.4 Å². The third-order valence-corrected chi connectivity index (χ3v) is 3.54. The summed E-state index contributed by atoms with van der Waals surface area (Å²) in [5, 5.41) is 1.97. The Kier molecular flexibility index (Phi) is 4.08. The number of rotatable bonds is 5. The minimum Gasteiger partial charge on any atom is -0.496 e. The number of ether oxygens (including phenoxy) is 1. The van der Waals surface area contributed by atoms with Crippen LogP contribution in [0.3, 0.4) is 0 Å². The molecule has 90 valence electrons. The average molecular weight is 249 g/mol. The van der Waals surface area contributed by atoms with Crippen molar-refractivity contribution < 1.29 is 4.74 Å². The Bertz CT molecular complexity index is 458. The van der Waals surface area contributed by atoms with Gasteiger partial charge < -0.3 is 4.74 Å². The molecule has 17 heavy (non-hydrogen) atoms. The summed E-state index contributed by atoms with van der Waals surface area (Å²) in [5.74, 6) is 6.46. The van der Waals surface area contributed by atoms with Gasteiger partial charge in [0.2, 0.25) is 0 Å². The fraction of sp³-hybridized carbons (Fsp3) is 0.250. The zero-order valence-electron chi connectivity index (χ0n) is 9.59. The van der Waals surface area contributed by atoms with Gasteiger partial charge in [-0.05, 0) is 18.2 Å². The third kappa shape index (κ3) is 3.03. The molecule has 0 spiro atoms. The second-order valence-corrected chi connectivity index (χ2v) is 4.58. The highest BCUT2D eigenvalue weighted by Gasteiger charge is 2.13. The van der Waals surface area contributed by atoms with Crippen LogP contribution in [0.25, 0.3) is 0 Å². The number of hydrogen-bond acceptors (Lipinski definition) is 5. The molecule has 3 N–H and O–H groups in total. The van der Waals surface area contributed by atoms with Gasteiger partial charge in [0, 0.05) is 28.6 Å². The predicted octanol–water partition coefficient (Wildman–Crippen LogP) is 1.90. The Morgan fingerprint density at radius 2 is 2.41 bits per heavy atom. The summed E-state index contributed by atoms with van der Waals surface area (Å²) in [6, 6.07) is 7.94. The first-order valence-corrected chi connectivity index (χ1v) is 6.20. The van der Waals surface area contributed by atoms with Gasteiger partial charge in [0.1, 0.15) is 5.75 Å². The number of nitrogens with two attached hydrogens (primary N) is 1. The number of nitrogens with one attached hydrogen (secondary N) is 1. The summed E-state index contributed by atoms with van der Waals surface area (Å²) in [4.78, 5) is 5.44. The summed E-state index contributed by atoms with van der Waals surface area (Å²) >= 11 is 1.63. The van der Waals surface area contributed by atoms with E-state index in [4.69, 9.17) is 10.6 Å². The highest BCUT2D eigenvalue weighted by atomic mass is 32.1. The molecule has 0 aliphatic rings. The van der Waals surface area contributed by atoms with E-state index < -0.39 is 0 Å². The van der Waals surface area contributed by atoms with Crippen molar-refractivity contribution >= 4 is 11.3 Å². The SMILES string of the molecule is COc1csc(C(Cc2ccccn2)NN)c1. The van der Waals surface area contributed by atoms with Crippen molar-refractivity contribution in [3.8, 4) is 5.75 Å². The first-order chi connectivity index (χ1) is 8.33. The molecule has 0 amide bonds. The Morgan fingerprint density at radius 1 is 1.53 bits per heavy atom. The number of pyridine rings is 1. The van der Waals surface area contributed by atoms with Gasteiger partial charge in [-0.3, -0.25) is 16.3 Å². The molecular weight excluding hydrogens is 234 g/mol. The van der Waals surface area contributed by atoms with Crippen LogP contribution in [0.15, 0.2) is 35.8 Å².